The van der Waals surface area contributed by atoms with Gasteiger partial charge in [0, 0.05) is 18.4 Å². The largest absolute Gasteiger partial charge is 0.416 e. The van der Waals surface area contributed by atoms with Crippen LogP contribution >= 0.6 is 0 Å². The fraction of sp³-hybridized carbons (Fsp3) is 0.267. The predicted octanol–water partition coefficient (Wildman–Crippen LogP) is 3.65. The third-order valence-electron chi connectivity index (χ3n) is 3.26. The molecule has 1 unspecified atom stereocenters. The van der Waals surface area contributed by atoms with E-state index in [4.69, 9.17) is 5.73 Å². The molecule has 0 aliphatic rings. The van der Waals surface area contributed by atoms with Gasteiger partial charge in [0.2, 0.25) is 0 Å². The van der Waals surface area contributed by atoms with E-state index in [9.17, 15) is 13.2 Å². The van der Waals surface area contributed by atoms with Crippen LogP contribution in [-0.4, -0.2) is 4.98 Å². The predicted molar refractivity (Wildman–Crippen MR) is 71.1 cm³/mol. The minimum absolute atomic E-state index is 0.0308. The second-order valence-electron chi connectivity index (χ2n) is 4.70. The molecule has 20 heavy (non-hydrogen) atoms. The van der Waals surface area contributed by atoms with E-state index in [0.717, 1.165) is 23.4 Å². The Bertz CT molecular complexity index is 594. The second-order valence-corrected chi connectivity index (χ2v) is 4.70. The molecule has 1 heterocycles. The molecule has 0 fully saturated rings. The molecule has 106 valence electrons. The number of nitrogens with zero attached hydrogens (tertiary/aromatic N) is 1. The van der Waals surface area contributed by atoms with Gasteiger partial charge >= 0.3 is 6.18 Å². The van der Waals surface area contributed by atoms with Crippen molar-refractivity contribution in [3.63, 3.8) is 0 Å². The summed E-state index contributed by atoms with van der Waals surface area (Å²) in [6.45, 7) is 1.91. The van der Waals surface area contributed by atoms with Gasteiger partial charge in [0.15, 0.2) is 0 Å². The van der Waals surface area contributed by atoms with E-state index < -0.39 is 17.8 Å². The fourth-order valence-electron chi connectivity index (χ4n) is 2.15. The number of hydrogen-bond donors (Lipinski definition) is 1. The van der Waals surface area contributed by atoms with Crippen LogP contribution in [0.1, 0.15) is 28.3 Å². The lowest BCUT2D eigenvalue weighted by atomic mass is 9.95. The molecule has 0 radical (unpaired) electrons. The zero-order chi connectivity index (χ0) is 14.8. The first-order valence-electron chi connectivity index (χ1n) is 6.21. The highest BCUT2D eigenvalue weighted by molar-refractivity contribution is 5.33. The summed E-state index contributed by atoms with van der Waals surface area (Å²) in [5.74, 6) is 0. The lowest BCUT2D eigenvalue weighted by molar-refractivity contribution is -0.138. The Kier molecular flexibility index (Phi) is 4.09. The van der Waals surface area contributed by atoms with Crippen LogP contribution in [0.5, 0.6) is 0 Å². The summed E-state index contributed by atoms with van der Waals surface area (Å²) < 4.78 is 38.8. The molecule has 0 aliphatic heterocycles. The molecule has 0 spiro atoms. The van der Waals surface area contributed by atoms with Crippen LogP contribution in [0.3, 0.4) is 0 Å². The summed E-state index contributed by atoms with van der Waals surface area (Å²) in [5, 5.41) is 0. The molecule has 1 aromatic heterocycles. The summed E-state index contributed by atoms with van der Waals surface area (Å²) in [6.07, 6.45) is -1.73. The van der Waals surface area contributed by atoms with Crippen molar-refractivity contribution < 1.29 is 13.2 Å². The first kappa shape index (κ1) is 14.5. The Morgan fingerprint density at radius 1 is 1.20 bits per heavy atom. The summed E-state index contributed by atoms with van der Waals surface area (Å²) in [6, 6.07) is 7.75. The monoisotopic (exact) mass is 280 g/mol. The van der Waals surface area contributed by atoms with E-state index in [1.807, 2.05) is 31.2 Å². The highest BCUT2D eigenvalue weighted by Crippen LogP contribution is 2.34. The van der Waals surface area contributed by atoms with Gasteiger partial charge in [-0.05, 0) is 36.1 Å². The van der Waals surface area contributed by atoms with Crippen molar-refractivity contribution >= 4 is 0 Å². The number of hydrogen-bond acceptors (Lipinski definition) is 2. The average molecular weight is 280 g/mol. The van der Waals surface area contributed by atoms with Crippen LogP contribution in [0, 0.1) is 6.92 Å². The quantitative estimate of drug-likeness (QED) is 0.932. The number of halogens is 3. The Labute approximate surface area is 115 Å². The number of pyridine rings is 1. The van der Waals surface area contributed by atoms with E-state index in [2.05, 4.69) is 4.98 Å². The van der Waals surface area contributed by atoms with E-state index >= 15 is 0 Å². The Morgan fingerprint density at radius 2 is 1.90 bits per heavy atom. The lowest BCUT2D eigenvalue weighted by Crippen LogP contribution is -2.20. The number of rotatable bonds is 3. The van der Waals surface area contributed by atoms with Crippen molar-refractivity contribution in [3.8, 4) is 0 Å². The first-order valence-corrected chi connectivity index (χ1v) is 6.21. The first-order chi connectivity index (χ1) is 9.39. The molecule has 0 saturated carbocycles. The van der Waals surface area contributed by atoms with Gasteiger partial charge in [-0.3, -0.25) is 4.98 Å². The van der Waals surface area contributed by atoms with Gasteiger partial charge in [-0.25, -0.2) is 0 Å². The summed E-state index contributed by atoms with van der Waals surface area (Å²) >= 11 is 0. The molecular formula is C15H15F3N2. The zero-order valence-corrected chi connectivity index (χ0v) is 11.0. The van der Waals surface area contributed by atoms with E-state index in [-0.39, 0.29) is 5.56 Å². The molecular weight excluding hydrogens is 265 g/mol. The zero-order valence-electron chi connectivity index (χ0n) is 11.0. The van der Waals surface area contributed by atoms with Crippen LogP contribution in [-0.2, 0) is 12.6 Å². The average Bonchev–Trinajstić information content (AvgIpc) is 2.40. The molecule has 5 heteroatoms. The summed E-state index contributed by atoms with van der Waals surface area (Å²) in [5.41, 5.74) is 7.23. The SMILES string of the molecule is Cc1ccccc1CC(N)c1cnccc1C(F)(F)F. The van der Waals surface area contributed by atoms with Crippen molar-refractivity contribution in [2.45, 2.75) is 25.6 Å². The van der Waals surface area contributed by atoms with Crippen LogP contribution in [0.4, 0.5) is 13.2 Å². The van der Waals surface area contributed by atoms with Crippen molar-refractivity contribution in [2.75, 3.05) is 0 Å². The number of aryl methyl sites for hydroxylation is 1. The molecule has 0 amide bonds. The number of alkyl halides is 3. The highest BCUT2D eigenvalue weighted by atomic mass is 19.4. The van der Waals surface area contributed by atoms with Gasteiger partial charge in [0.1, 0.15) is 0 Å². The van der Waals surface area contributed by atoms with Crippen molar-refractivity contribution in [1.29, 1.82) is 0 Å². The maximum absolute atomic E-state index is 12.9. The number of benzene rings is 1. The number of aromatic nitrogens is 1. The van der Waals surface area contributed by atoms with Gasteiger partial charge in [-0.1, -0.05) is 24.3 Å². The van der Waals surface area contributed by atoms with Crippen molar-refractivity contribution in [1.82, 2.24) is 4.98 Å². The van der Waals surface area contributed by atoms with Gasteiger partial charge in [-0.2, -0.15) is 13.2 Å². The molecule has 2 N–H and O–H groups in total. The Morgan fingerprint density at radius 3 is 2.55 bits per heavy atom. The smallest absolute Gasteiger partial charge is 0.324 e. The van der Waals surface area contributed by atoms with Crippen LogP contribution in [0.2, 0.25) is 0 Å². The summed E-state index contributed by atoms with van der Waals surface area (Å²) in [4.78, 5) is 3.76. The van der Waals surface area contributed by atoms with Crippen LogP contribution in [0.15, 0.2) is 42.7 Å². The Hall–Kier alpha value is -1.88. The minimum Gasteiger partial charge on any atom is -0.324 e. The van der Waals surface area contributed by atoms with E-state index in [1.165, 1.54) is 6.20 Å². The standard InChI is InChI=1S/C15H15F3N2/c1-10-4-2-3-5-11(10)8-14(19)12-9-20-7-6-13(12)15(16,17)18/h2-7,9,14H,8,19H2,1H3. The van der Waals surface area contributed by atoms with E-state index in [1.54, 1.807) is 0 Å². The maximum Gasteiger partial charge on any atom is 0.416 e. The highest BCUT2D eigenvalue weighted by Gasteiger charge is 2.34. The molecule has 0 saturated heterocycles. The lowest BCUT2D eigenvalue weighted by Gasteiger charge is -2.18. The van der Waals surface area contributed by atoms with E-state index in [0.29, 0.717) is 6.42 Å². The normalized spacial score (nSPS) is 13.2. The molecule has 0 bridgehead atoms. The summed E-state index contributed by atoms with van der Waals surface area (Å²) in [7, 11) is 0. The molecule has 1 atom stereocenters. The van der Waals surface area contributed by atoms with Crippen molar-refractivity contribution in [2.24, 2.45) is 5.73 Å². The third kappa shape index (κ3) is 3.17. The molecule has 1 aromatic carbocycles. The molecule has 2 rings (SSSR count). The molecule has 2 aromatic rings. The van der Waals surface area contributed by atoms with Crippen LogP contribution in [0.25, 0.3) is 0 Å². The van der Waals surface area contributed by atoms with Gasteiger partial charge in [0.25, 0.3) is 0 Å². The third-order valence-corrected chi connectivity index (χ3v) is 3.26. The molecule has 2 nitrogen and oxygen atoms in total. The van der Waals surface area contributed by atoms with Gasteiger partial charge in [-0.15, -0.1) is 0 Å². The molecule has 0 aliphatic carbocycles. The van der Waals surface area contributed by atoms with Gasteiger partial charge in [0.05, 0.1) is 5.56 Å². The second kappa shape index (κ2) is 5.63. The Balaban J connectivity index is 2.31. The minimum atomic E-state index is -4.42. The topological polar surface area (TPSA) is 38.9 Å². The van der Waals surface area contributed by atoms with Gasteiger partial charge < -0.3 is 5.73 Å². The fourth-order valence-corrected chi connectivity index (χ4v) is 2.15. The van der Waals surface area contributed by atoms with Crippen molar-refractivity contribution in [3.05, 3.63) is 65.0 Å². The van der Waals surface area contributed by atoms with Crippen LogP contribution < -0.4 is 5.73 Å². The number of nitrogens with two attached hydrogens (primary N) is 1. The maximum atomic E-state index is 12.9.